The smallest absolute Gasteiger partial charge is 0.0546 e. The molecule has 1 aromatic rings. The molecule has 0 bridgehead atoms. The van der Waals surface area contributed by atoms with E-state index in [0.29, 0.717) is 0 Å². The van der Waals surface area contributed by atoms with Crippen molar-refractivity contribution < 1.29 is 0 Å². The normalized spacial score (nSPS) is 18.8. The van der Waals surface area contributed by atoms with Crippen LogP contribution in [0, 0.1) is 0 Å². The molecule has 2 N–H and O–H groups in total. The fourth-order valence-electron chi connectivity index (χ4n) is 2.22. The van der Waals surface area contributed by atoms with E-state index in [0.717, 1.165) is 12.3 Å². The molecule has 1 aliphatic rings. The summed E-state index contributed by atoms with van der Waals surface area (Å²) in [6.07, 6.45) is 5.59. The molecule has 1 aliphatic carbocycles. The van der Waals surface area contributed by atoms with E-state index in [1.807, 2.05) is 6.20 Å². The van der Waals surface area contributed by atoms with E-state index in [2.05, 4.69) is 37.5 Å². The molecule has 2 rings (SSSR count). The Kier molecular flexibility index (Phi) is 2.82. The molecule has 16 heavy (non-hydrogen) atoms. The lowest BCUT2D eigenvalue weighted by atomic mass is 10.0. The lowest BCUT2D eigenvalue weighted by molar-refractivity contribution is 0.343. The molecule has 0 amide bonds. The van der Waals surface area contributed by atoms with E-state index >= 15 is 0 Å². The summed E-state index contributed by atoms with van der Waals surface area (Å²) in [5, 5.41) is 4.56. The van der Waals surface area contributed by atoms with Crippen LogP contribution in [0.25, 0.3) is 0 Å². The van der Waals surface area contributed by atoms with Crippen LogP contribution in [0.5, 0.6) is 0 Å². The molecule has 0 spiro atoms. The average molecular weight is 221 g/mol. The van der Waals surface area contributed by atoms with Crippen LogP contribution in [0.1, 0.15) is 57.7 Å². The maximum Gasteiger partial charge on any atom is 0.0546 e. The van der Waals surface area contributed by atoms with Gasteiger partial charge in [-0.3, -0.25) is 4.68 Å². The van der Waals surface area contributed by atoms with Gasteiger partial charge in [0, 0.05) is 17.7 Å². The molecule has 1 heterocycles. The predicted molar refractivity (Wildman–Crippen MR) is 66.6 cm³/mol. The van der Waals surface area contributed by atoms with Gasteiger partial charge >= 0.3 is 0 Å². The molecule has 1 saturated carbocycles. The Bertz CT molecular complexity index is 367. The molecule has 0 aromatic carbocycles. The second-order valence-corrected chi connectivity index (χ2v) is 6.09. The minimum absolute atomic E-state index is 0.0774. The summed E-state index contributed by atoms with van der Waals surface area (Å²) >= 11 is 0. The van der Waals surface area contributed by atoms with E-state index in [1.54, 1.807) is 0 Å². The highest BCUT2D eigenvalue weighted by atomic mass is 15.3. The molecule has 3 nitrogen and oxygen atoms in total. The zero-order chi connectivity index (χ0) is 11.9. The second-order valence-electron chi connectivity index (χ2n) is 6.09. The minimum atomic E-state index is 0.0774. The van der Waals surface area contributed by atoms with Gasteiger partial charge in [-0.05, 0) is 52.5 Å². The molecule has 1 unspecified atom stereocenters. The van der Waals surface area contributed by atoms with Crippen LogP contribution in [0.2, 0.25) is 0 Å². The molecule has 1 aromatic heterocycles. The van der Waals surface area contributed by atoms with Gasteiger partial charge in [0.1, 0.15) is 0 Å². The first-order valence-electron chi connectivity index (χ1n) is 6.22. The summed E-state index contributed by atoms with van der Waals surface area (Å²) in [7, 11) is 0. The van der Waals surface area contributed by atoms with Crippen molar-refractivity contribution in [3.63, 3.8) is 0 Å². The fraction of sp³-hybridized carbons (Fsp3) is 0.769. The third-order valence-electron chi connectivity index (χ3n) is 3.03. The van der Waals surface area contributed by atoms with Gasteiger partial charge in [0.15, 0.2) is 0 Å². The van der Waals surface area contributed by atoms with E-state index < -0.39 is 0 Å². The maximum atomic E-state index is 5.90. The molecule has 1 fully saturated rings. The van der Waals surface area contributed by atoms with Crippen molar-refractivity contribution in [1.82, 2.24) is 9.78 Å². The molecular formula is C13H23N3. The molecular weight excluding hydrogens is 198 g/mol. The lowest BCUT2D eigenvalue weighted by Gasteiger charge is -2.23. The highest BCUT2D eigenvalue weighted by Crippen LogP contribution is 2.43. The quantitative estimate of drug-likeness (QED) is 0.851. The SMILES string of the molecule is CC(N)Cc1cnn(C(C)(C)C)c1C1CC1. The maximum absolute atomic E-state index is 5.90. The van der Waals surface area contributed by atoms with Crippen molar-refractivity contribution in [3.05, 3.63) is 17.5 Å². The Morgan fingerprint density at radius 1 is 1.50 bits per heavy atom. The van der Waals surface area contributed by atoms with Crippen LogP contribution in [0.3, 0.4) is 0 Å². The Morgan fingerprint density at radius 2 is 2.12 bits per heavy atom. The number of nitrogens with two attached hydrogens (primary N) is 1. The van der Waals surface area contributed by atoms with Gasteiger partial charge < -0.3 is 5.73 Å². The largest absolute Gasteiger partial charge is 0.328 e. The summed E-state index contributed by atoms with van der Waals surface area (Å²) in [4.78, 5) is 0. The van der Waals surface area contributed by atoms with Gasteiger partial charge in [-0.25, -0.2) is 0 Å². The lowest BCUT2D eigenvalue weighted by Crippen LogP contribution is -2.26. The van der Waals surface area contributed by atoms with E-state index in [1.165, 1.54) is 24.1 Å². The zero-order valence-electron chi connectivity index (χ0n) is 10.8. The number of rotatable bonds is 3. The van der Waals surface area contributed by atoms with Crippen molar-refractivity contribution in [2.45, 2.75) is 64.5 Å². The van der Waals surface area contributed by atoms with Crippen molar-refractivity contribution in [2.75, 3.05) is 0 Å². The first kappa shape index (κ1) is 11.6. The summed E-state index contributed by atoms with van der Waals surface area (Å²) in [5.74, 6) is 0.732. The summed E-state index contributed by atoms with van der Waals surface area (Å²) in [6, 6.07) is 0.218. The van der Waals surface area contributed by atoms with E-state index in [-0.39, 0.29) is 11.6 Å². The standard InChI is InChI=1S/C13H23N3/c1-9(14)7-11-8-15-16(13(2,3)4)12(11)10-5-6-10/h8-10H,5-7,14H2,1-4H3. The molecule has 90 valence electrons. The van der Waals surface area contributed by atoms with Crippen molar-refractivity contribution in [1.29, 1.82) is 0 Å². The predicted octanol–water partition coefficient (Wildman–Crippen LogP) is 2.41. The Labute approximate surface area is 98.0 Å². The van der Waals surface area contributed by atoms with Crippen LogP contribution < -0.4 is 5.73 Å². The molecule has 0 radical (unpaired) electrons. The number of aromatic nitrogens is 2. The monoisotopic (exact) mass is 221 g/mol. The van der Waals surface area contributed by atoms with Gasteiger partial charge in [-0.15, -0.1) is 0 Å². The highest BCUT2D eigenvalue weighted by Gasteiger charge is 2.33. The Balaban J connectivity index is 2.36. The molecule has 1 atom stereocenters. The van der Waals surface area contributed by atoms with Crippen molar-refractivity contribution in [2.24, 2.45) is 5.73 Å². The fourth-order valence-corrected chi connectivity index (χ4v) is 2.22. The van der Waals surface area contributed by atoms with Gasteiger partial charge in [0.2, 0.25) is 0 Å². The number of nitrogens with zero attached hydrogens (tertiary/aromatic N) is 2. The molecule has 0 saturated heterocycles. The number of hydrogen-bond acceptors (Lipinski definition) is 2. The van der Waals surface area contributed by atoms with Crippen molar-refractivity contribution >= 4 is 0 Å². The van der Waals surface area contributed by atoms with Crippen LogP contribution >= 0.6 is 0 Å². The third-order valence-corrected chi connectivity index (χ3v) is 3.03. The van der Waals surface area contributed by atoms with Gasteiger partial charge in [0.05, 0.1) is 11.7 Å². The summed E-state index contributed by atoms with van der Waals surface area (Å²) in [5.41, 5.74) is 8.76. The number of hydrogen-bond donors (Lipinski definition) is 1. The first-order valence-corrected chi connectivity index (χ1v) is 6.22. The second kappa shape index (κ2) is 3.88. The van der Waals surface area contributed by atoms with Crippen LogP contribution in [-0.2, 0) is 12.0 Å². The van der Waals surface area contributed by atoms with Crippen LogP contribution in [0.4, 0.5) is 0 Å². The van der Waals surface area contributed by atoms with Gasteiger partial charge in [-0.2, -0.15) is 5.10 Å². The highest BCUT2D eigenvalue weighted by molar-refractivity contribution is 5.27. The third kappa shape index (κ3) is 2.29. The van der Waals surface area contributed by atoms with E-state index in [4.69, 9.17) is 5.73 Å². The summed E-state index contributed by atoms with van der Waals surface area (Å²) < 4.78 is 2.20. The first-order chi connectivity index (χ1) is 7.39. The van der Waals surface area contributed by atoms with Crippen LogP contribution in [0.15, 0.2) is 6.20 Å². The zero-order valence-corrected chi connectivity index (χ0v) is 10.8. The Morgan fingerprint density at radius 3 is 2.56 bits per heavy atom. The molecule has 3 heteroatoms. The van der Waals surface area contributed by atoms with Gasteiger partial charge in [0.25, 0.3) is 0 Å². The van der Waals surface area contributed by atoms with Crippen molar-refractivity contribution in [3.8, 4) is 0 Å². The van der Waals surface area contributed by atoms with Gasteiger partial charge in [-0.1, -0.05) is 0 Å². The Hall–Kier alpha value is -0.830. The topological polar surface area (TPSA) is 43.8 Å². The summed E-state index contributed by atoms with van der Waals surface area (Å²) in [6.45, 7) is 8.69. The van der Waals surface area contributed by atoms with Crippen LogP contribution in [-0.4, -0.2) is 15.8 Å². The average Bonchev–Trinajstić information content (AvgIpc) is 2.86. The minimum Gasteiger partial charge on any atom is -0.328 e. The molecule has 0 aliphatic heterocycles. The van der Waals surface area contributed by atoms with E-state index in [9.17, 15) is 0 Å².